The summed E-state index contributed by atoms with van der Waals surface area (Å²) in [4.78, 5) is 0. The largest absolute Gasteiger partial charge is 0.320 e. The topological polar surface area (TPSA) is 59.0 Å². The number of hydrogen-bond donors (Lipinski definition) is 3. The second-order valence-electron chi connectivity index (χ2n) is 6.14. The fourth-order valence-corrected chi connectivity index (χ4v) is 4.91. The number of nitrogens with one attached hydrogen (secondary N) is 1. The molecular formula is C18H23F2N3O2S. The Bertz CT molecular complexity index is 776. The predicted molar refractivity (Wildman–Crippen MR) is 103 cm³/mol. The fourth-order valence-electron chi connectivity index (χ4n) is 3.09. The Kier molecular flexibility index (Phi) is 5.67. The first-order chi connectivity index (χ1) is 12.5. The zero-order chi connectivity index (χ0) is 18.7. The molecule has 2 aromatic carbocycles. The number of fused-ring (bicyclic) bond motifs is 1. The van der Waals surface area contributed by atoms with Crippen LogP contribution in [0.5, 0.6) is 0 Å². The van der Waals surface area contributed by atoms with Crippen molar-refractivity contribution >= 4 is 28.0 Å². The van der Waals surface area contributed by atoms with Crippen LogP contribution in [0.25, 0.3) is 0 Å². The van der Waals surface area contributed by atoms with Crippen molar-refractivity contribution in [3.63, 3.8) is 0 Å². The number of rotatable bonds is 7. The minimum Gasteiger partial charge on any atom is -0.320 e. The van der Waals surface area contributed by atoms with Crippen molar-refractivity contribution < 1.29 is 17.9 Å². The molecule has 0 fully saturated rings. The third-order valence-corrected chi connectivity index (χ3v) is 6.18. The molecule has 0 aliphatic carbocycles. The van der Waals surface area contributed by atoms with E-state index in [1.54, 1.807) is 24.3 Å². The smallest absolute Gasteiger partial charge is 0.151 e. The number of nitrogens with zero attached hydrogens (tertiary/aromatic N) is 2. The Hall–Kier alpha value is -1.87. The molecule has 0 amide bonds. The summed E-state index contributed by atoms with van der Waals surface area (Å²) in [6.07, 6.45) is 2.69. The fraction of sp³-hybridized carbons (Fsp3) is 0.333. The molecule has 0 radical (unpaired) electrons. The molecule has 5 nitrogen and oxygen atoms in total. The van der Waals surface area contributed by atoms with Gasteiger partial charge in [-0.15, -0.1) is 0 Å². The Labute approximate surface area is 153 Å². The number of halogens is 2. The molecule has 1 heterocycles. The quantitative estimate of drug-likeness (QED) is 0.594. The molecule has 1 aliphatic heterocycles. The van der Waals surface area contributed by atoms with Crippen LogP contribution in [0.3, 0.4) is 0 Å². The monoisotopic (exact) mass is 383 g/mol. The lowest BCUT2D eigenvalue weighted by atomic mass is 10.2. The van der Waals surface area contributed by atoms with Gasteiger partial charge in [0.1, 0.15) is 11.5 Å². The molecule has 142 valence electrons. The minimum absolute atomic E-state index is 0.0588. The predicted octanol–water partition coefficient (Wildman–Crippen LogP) is 4.89. The van der Waals surface area contributed by atoms with Gasteiger partial charge in [0.25, 0.3) is 0 Å². The normalized spacial score (nSPS) is 16.7. The highest BCUT2D eigenvalue weighted by molar-refractivity contribution is 8.27. The average molecular weight is 383 g/mol. The molecule has 3 N–H and O–H groups in total. The van der Waals surface area contributed by atoms with E-state index in [9.17, 15) is 17.9 Å². The molecule has 0 saturated carbocycles. The number of benzene rings is 2. The van der Waals surface area contributed by atoms with E-state index in [-0.39, 0.29) is 5.69 Å². The van der Waals surface area contributed by atoms with E-state index in [0.717, 1.165) is 37.9 Å². The molecule has 0 saturated heterocycles. The molecule has 3 rings (SSSR count). The van der Waals surface area contributed by atoms with Gasteiger partial charge in [-0.1, -0.05) is 18.6 Å². The molecule has 0 unspecified atom stereocenters. The lowest BCUT2D eigenvalue weighted by Gasteiger charge is -2.43. The van der Waals surface area contributed by atoms with Gasteiger partial charge in [-0.3, -0.25) is 13.4 Å². The first kappa shape index (κ1) is 18.9. The van der Waals surface area contributed by atoms with Crippen LogP contribution >= 0.6 is 11.0 Å². The maximum absolute atomic E-state index is 14.3. The van der Waals surface area contributed by atoms with Crippen LogP contribution < -0.4 is 13.9 Å². The summed E-state index contributed by atoms with van der Waals surface area (Å²) in [7, 11) is -1.59. The van der Waals surface area contributed by atoms with Crippen LogP contribution in [-0.2, 0) is 0 Å². The highest BCUT2D eigenvalue weighted by atomic mass is 32.3. The van der Waals surface area contributed by atoms with Crippen LogP contribution in [0.4, 0.5) is 25.8 Å². The molecule has 8 heteroatoms. The average Bonchev–Trinajstić information content (AvgIpc) is 2.82. The maximum Gasteiger partial charge on any atom is 0.151 e. The first-order valence-corrected chi connectivity index (χ1v) is 9.97. The van der Waals surface area contributed by atoms with Gasteiger partial charge in [0.05, 0.1) is 11.4 Å². The Morgan fingerprint density at radius 3 is 2.38 bits per heavy atom. The Morgan fingerprint density at radius 2 is 1.69 bits per heavy atom. The van der Waals surface area contributed by atoms with Crippen molar-refractivity contribution in [2.24, 2.45) is 0 Å². The van der Waals surface area contributed by atoms with Gasteiger partial charge < -0.3 is 5.32 Å². The van der Waals surface area contributed by atoms with E-state index in [4.69, 9.17) is 0 Å². The van der Waals surface area contributed by atoms with Crippen LogP contribution in [0.1, 0.15) is 19.3 Å². The number of para-hydroxylation sites is 2. The number of anilines is 3. The van der Waals surface area contributed by atoms with Crippen molar-refractivity contribution in [3.8, 4) is 0 Å². The summed E-state index contributed by atoms with van der Waals surface area (Å²) >= 11 is 0. The van der Waals surface area contributed by atoms with Gasteiger partial charge in [0, 0.05) is 12.6 Å². The molecule has 0 spiro atoms. The zero-order valence-electron chi connectivity index (χ0n) is 14.5. The standard InChI is InChI=1S/C18H23F2N3O2S/c1-21-11-5-2-6-12-22-17-7-3-4-8-18(17)23(26(22,24)25)16-10-9-14(19)13-15(16)20/h3-4,7-10,13,21,24-25H,2,5-6,11-12H2,1H3. The Balaban J connectivity index is 1.91. The van der Waals surface area contributed by atoms with Crippen molar-refractivity contribution in [2.75, 3.05) is 28.7 Å². The second kappa shape index (κ2) is 7.79. The van der Waals surface area contributed by atoms with E-state index < -0.39 is 22.6 Å². The molecule has 0 atom stereocenters. The van der Waals surface area contributed by atoms with Crippen molar-refractivity contribution in [1.29, 1.82) is 0 Å². The van der Waals surface area contributed by atoms with Crippen LogP contribution in [-0.4, -0.2) is 29.2 Å². The van der Waals surface area contributed by atoms with E-state index in [0.29, 0.717) is 17.9 Å². The zero-order valence-corrected chi connectivity index (χ0v) is 15.3. The minimum atomic E-state index is -3.48. The summed E-state index contributed by atoms with van der Waals surface area (Å²) < 4.78 is 52.1. The van der Waals surface area contributed by atoms with Crippen molar-refractivity contribution in [3.05, 3.63) is 54.1 Å². The van der Waals surface area contributed by atoms with Gasteiger partial charge in [-0.05, 0) is 61.7 Å². The Morgan fingerprint density at radius 1 is 0.962 bits per heavy atom. The van der Waals surface area contributed by atoms with Gasteiger partial charge in [0.2, 0.25) is 0 Å². The van der Waals surface area contributed by atoms with E-state index in [2.05, 4.69) is 5.32 Å². The lowest BCUT2D eigenvalue weighted by molar-refractivity contribution is 0.481. The van der Waals surface area contributed by atoms with Crippen LogP contribution in [0.15, 0.2) is 42.5 Å². The molecular weight excluding hydrogens is 360 g/mol. The summed E-state index contributed by atoms with van der Waals surface area (Å²) in [5.74, 6) is -1.55. The van der Waals surface area contributed by atoms with E-state index in [1.165, 1.54) is 14.7 Å². The second-order valence-corrected chi connectivity index (χ2v) is 7.92. The third-order valence-electron chi connectivity index (χ3n) is 4.33. The van der Waals surface area contributed by atoms with Crippen molar-refractivity contribution in [1.82, 2.24) is 5.32 Å². The SMILES string of the molecule is CNCCCCCN1c2ccccc2N(c2ccc(F)cc2F)S1(O)O. The van der Waals surface area contributed by atoms with Gasteiger partial charge >= 0.3 is 0 Å². The molecule has 2 aromatic rings. The maximum atomic E-state index is 14.3. The van der Waals surface area contributed by atoms with Crippen molar-refractivity contribution in [2.45, 2.75) is 19.3 Å². The summed E-state index contributed by atoms with van der Waals surface area (Å²) in [6.45, 7) is 1.34. The molecule has 0 aromatic heterocycles. The molecule has 1 aliphatic rings. The highest BCUT2D eigenvalue weighted by Crippen LogP contribution is 2.64. The van der Waals surface area contributed by atoms with E-state index >= 15 is 0 Å². The summed E-state index contributed by atoms with van der Waals surface area (Å²) in [5.41, 5.74) is 1.06. The van der Waals surface area contributed by atoms with Crippen LogP contribution in [0, 0.1) is 11.6 Å². The highest BCUT2D eigenvalue weighted by Gasteiger charge is 2.42. The number of unbranched alkanes of at least 4 members (excludes halogenated alkanes) is 2. The first-order valence-electron chi connectivity index (χ1n) is 8.51. The lowest BCUT2D eigenvalue weighted by Crippen LogP contribution is -2.32. The number of hydrogen-bond acceptors (Lipinski definition) is 5. The molecule has 0 bridgehead atoms. The van der Waals surface area contributed by atoms with Gasteiger partial charge in [-0.25, -0.2) is 13.1 Å². The van der Waals surface area contributed by atoms with Gasteiger partial charge in [0.15, 0.2) is 5.82 Å². The van der Waals surface area contributed by atoms with Gasteiger partial charge in [-0.2, -0.15) is 0 Å². The molecule has 26 heavy (non-hydrogen) atoms. The van der Waals surface area contributed by atoms with E-state index in [1.807, 2.05) is 7.05 Å². The van der Waals surface area contributed by atoms with Crippen LogP contribution in [0.2, 0.25) is 0 Å². The third kappa shape index (κ3) is 3.50. The summed E-state index contributed by atoms with van der Waals surface area (Å²) in [6, 6.07) is 10.1. The summed E-state index contributed by atoms with van der Waals surface area (Å²) in [5, 5.41) is 3.08.